The summed E-state index contributed by atoms with van der Waals surface area (Å²) in [6.45, 7) is -0.354. The highest BCUT2D eigenvalue weighted by Crippen LogP contribution is 2.45. The first-order valence-electron chi connectivity index (χ1n) is 7.13. The summed E-state index contributed by atoms with van der Waals surface area (Å²) in [5.74, 6) is -2.89. The Labute approximate surface area is 136 Å². The lowest BCUT2D eigenvalue weighted by Crippen LogP contribution is -2.38. The summed E-state index contributed by atoms with van der Waals surface area (Å²) in [6.07, 6.45) is 2.25. The van der Waals surface area contributed by atoms with Crippen molar-refractivity contribution in [1.29, 1.82) is 0 Å². The van der Waals surface area contributed by atoms with Crippen LogP contribution in [0, 0.1) is 17.6 Å². The molecule has 2 atom stereocenters. The summed E-state index contributed by atoms with van der Waals surface area (Å²) in [4.78, 5) is 1.66. The Morgan fingerprint density at radius 2 is 2.21 bits per heavy atom. The van der Waals surface area contributed by atoms with E-state index in [0.717, 1.165) is 16.8 Å². The number of aliphatic hydroxyl groups is 1. The zero-order valence-corrected chi connectivity index (χ0v) is 13.3. The average Bonchev–Trinajstić information content (AvgIpc) is 3.17. The van der Waals surface area contributed by atoms with Gasteiger partial charge in [0, 0.05) is 30.6 Å². The predicted molar refractivity (Wildman–Crippen MR) is 78.1 cm³/mol. The van der Waals surface area contributed by atoms with Gasteiger partial charge in [0.1, 0.15) is 30.2 Å². The highest BCUT2D eigenvalue weighted by Gasteiger charge is 2.53. The molecule has 0 bridgehead atoms. The SMILES string of the molecule is O=S(=O)(Cn1cncn1)[C@@]1(c2ccc(F)cc2F)C[C@H](CO)CO1. The van der Waals surface area contributed by atoms with Crippen molar-refractivity contribution in [2.45, 2.75) is 17.2 Å². The van der Waals surface area contributed by atoms with E-state index >= 15 is 0 Å². The maximum Gasteiger partial charge on any atom is 0.204 e. The zero-order chi connectivity index (χ0) is 17.4. The minimum Gasteiger partial charge on any atom is -0.396 e. The minimum atomic E-state index is -4.11. The molecule has 0 spiro atoms. The zero-order valence-electron chi connectivity index (χ0n) is 12.5. The van der Waals surface area contributed by atoms with Gasteiger partial charge in [0.2, 0.25) is 9.84 Å². The lowest BCUT2D eigenvalue weighted by atomic mass is 10.00. The quantitative estimate of drug-likeness (QED) is 0.849. The molecule has 0 unspecified atom stereocenters. The van der Waals surface area contributed by atoms with Gasteiger partial charge in [-0.1, -0.05) is 0 Å². The van der Waals surface area contributed by atoms with Crippen molar-refractivity contribution in [1.82, 2.24) is 14.8 Å². The van der Waals surface area contributed by atoms with Gasteiger partial charge in [-0.15, -0.1) is 0 Å². The predicted octanol–water partition coefficient (Wildman–Crippen LogP) is 0.810. The van der Waals surface area contributed by atoms with E-state index in [9.17, 15) is 22.3 Å². The molecular weight excluding hydrogens is 344 g/mol. The standard InChI is InChI=1S/C14H15F2N3O4S/c15-11-1-2-12(13(16)3-11)14(4-10(5-20)6-23-14)24(21,22)9-19-8-17-7-18-19/h1-3,7-8,10,20H,4-6,9H2/t10-,14-/m1/s1. The summed E-state index contributed by atoms with van der Waals surface area (Å²) >= 11 is 0. The van der Waals surface area contributed by atoms with Gasteiger partial charge < -0.3 is 9.84 Å². The second kappa shape index (κ2) is 6.19. The first-order chi connectivity index (χ1) is 11.4. The molecule has 0 amide bonds. The van der Waals surface area contributed by atoms with Crippen molar-refractivity contribution in [3.05, 3.63) is 48.1 Å². The second-order valence-corrected chi connectivity index (χ2v) is 7.77. The van der Waals surface area contributed by atoms with Gasteiger partial charge in [-0.2, -0.15) is 5.10 Å². The monoisotopic (exact) mass is 359 g/mol. The van der Waals surface area contributed by atoms with Crippen LogP contribution >= 0.6 is 0 Å². The Kier molecular flexibility index (Phi) is 4.37. The largest absolute Gasteiger partial charge is 0.396 e. The number of aliphatic hydroxyl groups excluding tert-OH is 1. The van der Waals surface area contributed by atoms with E-state index in [1.165, 1.54) is 12.7 Å². The van der Waals surface area contributed by atoms with Crippen LogP contribution in [0.2, 0.25) is 0 Å². The first-order valence-corrected chi connectivity index (χ1v) is 8.78. The lowest BCUT2D eigenvalue weighted by molar-refractivity contribution is 0.0621. The van der Waals surface area contributed by atoms with Crippen LogP contribution in [0.3, 0.4) is 0 Å². The Bertz CT molecular complexity index is 829. The molecule has 10 heteroatoms. The van der Waals surface area contributed by atoms with Crippen molar-refractivity contribution in [2.24, 2.45) is 5.92 Å². The summed E-state index contributed by atoms with van der Waals surface area (Å²) in [5, 5.41) is 13.1. The van der Waals surface area contributed by atoms with E-state index in [0.29, 0.717) is 6.07 Å². The Balaban J connectivity index is 2.09. The average molecular weight is 359 g/mol. The summed E-state index contributed by atoms with van der Waals surface area (Å²) in [7, 11) is -4.11. The van der Waals surface area contributed by atoms with Gasteiger partial charge in [0.15, 0.2) is 4.93 Å². The van der Waals surface area contributed by atoms with E-state index in [2.05, 4.69) is 10.1 Å². The summed E-state index contributed by atoms with van der Waals surface area (Å²) in [6, 6.07) is 2.64. The van der Waals surface area contributed by atoms with Crippen LogP contribution in [0.5, 0.6) is 0 Å². The smallest absolute Gasteiger partial charge is 0.204 e. The molecule has 7 nitrogen and oxygen atoms in total. The molecule has 1 aromatic carbocycles. The van der Waals surface area contributed by atoms with Crippen molar-refractivity contribution >= 4 is 9.84 Å². The van der Waals surface area contributed by atoms with E-state index in [-0.39, 0.29) is 25.2 Å². The number of ether oxygens (including phenoxy) is 1. The number of hydrogen-bond acceptors (Lipinski definition) is 6. The molecule has 3 rings (SSSR count). The van der Waals surface area contributed by atoms with E-state index in [1.54, 1.807) is 0 Å². The number of benzene rings is 1. The number of halogens is 2. The van der Waals surface area contributed by atoms with Gasteiger partial charge in [-0.3, -0.25) is 0 Å². The third kappa shape index (κ3) is 2.80. The van der Waals surface area contributed by atoms with Crippen molar-refractivity contribution < 1.29 is 27.0 Å². The number of sulfone groups is 1. The number of nitrogens with zero attached hydrogens (tertiary/aromatic N) is 3. The van der Waals surface area contributed by atoms with E-state index < -0.39 is 38.2 Å². The topological polar surface area (TPSA) is 94.3 Å². The molecule has 1 fully saturated rings. The van der Waals surface area contributed by atoms with Crippen LogP contribution in [0.4, 0.5) is 8.78 Å². The highest BCUT2D eigenvalue weighted by atomic mass is 32.2. The number of hydrogen-bond donors (Lipinski definition) is 1. The molecule has 130 valence electrons. The molecule has 24 heavy (non-hydrogen) atoms. The highest BCUT2D eigenvalue weighted by molar-refractivity contribution is 7.91. The van der Waals surface area contributed by atoms with Crippen LogP contribution < -0.4 is 0 Å². The number of rotatable bonds is 5. The van der Waals surface area contributed by atoms with Gasteiger partial charge in [0.05, 0.1) is 6.61 Å². The fraction of sp³-hybridized carbons (Fsp3) is 0.429. The van der Waals surface area contributed by atoms with Crippen LogP contribution in [-0.4, -0.2) is 41.5 Å². The lowest BCUT2D eigenvalue weighted by Gasteiger charge is -2.29. The van der Waals surface area contributed by atoms with Crippen molar-refractivity contribution in [2.75, 3.05) is 13.2 Å². The van der Waals surface area contributed by atoms with Gasteiger partial charge in [0.25, 0.3) is 0 Å². The van der Waals surface area contributed by atoms with E-state index in [4.69, 9.17) is 4.74 Å². The Morgan fingerprint density at radius 3 is 2.79 bits per heavy atom. The van der Waals surface area contributed by atoms with Crippen LogP contribution in [0.25, 0.3) is 0 Å². The van der Waals surface area contributed by atoms with Gasteiger partial charge >= 0.3 is 0 Å². The maximum absolute atomic E-state index is 14.3. The van der Waals surface area contributed by atoms with Gasteiger partial charge in [-0.05, 0) is 12.1 Å². The first kappa shape index (κ1) is 16.9. The molecule has 1 aromatic heterocycles. The van der Waals surface area contributed by atoms with Gasteiger partial charge in [-0.25, -0.2) is 26.9 Å². The van der Waals surface area contributed by atoms with Crippen molar-refractivity contribution in [3.63, 3.8) is 0 Å². The fourth-order valence-electron chi connectivity index (χ4n) is 2.82. The molecule has 2 aromatic rings. The Hall–Kier alpha value is -1.91. The molecule has 1 saturated heterocycles. The fourth-order valence-corrected chi connectivity index (χ4v) is 4.74. The van der Waals surface area contributed by atoms with Crippen molar-refractivity contribution in [3.8, 4) is 0 Å². The maximum atomic E-state index is 14.3. The normalized spacial score (nSPS) is 24.4. The molecule has 0 radical (unpaired) electrons. The summed E-state index contributed by atoms with van der Waals surface area (Å²) in [5.41, 5.74) is -0.278. The van der Waals surface area contributed by atoms with Crippen LogP contribution in [-0.2, 0) is 25.4 Å². The molecule has 1 aliphatic heterocycles. The molecular formula is C14H15F2N3O4S. The number of aromatic nitrogens is 3. The molecule has 2 heterocycles. The van der Waals surface area contributed by atoms with E-state index in [1.807, 2.05) is 0 Å². The van der Waals surface area contributed by atoms with Crippen LogP contribution in [0.15, 0.2) is 30.9 Å². The molecule has 1 N–H and O–H groups in total. The minimum absolute atomic E-state index is 0.0517. The molecule has 0 aliphatic carbocycles. The Morgan fingerprint density at radius 1 is 1.42 bits per heavy atom. The molecule has 1 aliphatic rings. The van der Waals surface area contributed by atoms with Crippen LogP contribution in [0.1, 0.15) is 12.0 Å². The third-order valence-corrected chi connectivity index (χ3v) is 6.09. The molecule has 0 saturated carbocycles. The summed E-state index contributed by atoms with van der Waals surface area (Å²) < 4.78 is 60.0. The third-order valence-electron chi connectivity index (χ3n) is 3.98. The second-order valence-electron chi connectivity index (χ2n) is 5.62.